The van der Waals surface area contributed by atoms with Gasteiger partial charge in [0.25, 0.3) is 10.0 Å². The van der Waals surface area contributed by atoms with Gasteiger partial charge in [-0.3, -0.25) is 14.5 Å². The highest BCUT2D eigenvalue weighted by atomic mass is 32.2. The maximum Gasteiger partial charge on any atom is 0.279 e. The molecule has 0 aliphatic heterocycles. The van der Waals surface area contributed by atoms with Gasteiger partial charge in [-0.15, -0.1) is 0 Å². The van der Waals surface area contributed by atoms with Gasteiger partial charge in [-0.05, 0) is 37.8 Å². The zero-order valence-electron chi connectivity index (χ0n) is 12.5. The Balaban J connectivity index is 1.62. The highest BCUT2D eigenvalue weighted by molar-refractivity contribution is 7.92. The summed E-state index contributed by atoms with van der Waals surface area (Å²) in [7, 11) is -3.77. The fourth-order valence-corrected chi connectivity index (χ4v) is 3.78. The van der Waals surface area contributed by atoms with E-state index in [0.717, 1.165) is 0 Å². The van der Waals surface area contributed by atoms with Crippen LogP contribution in [0.25, 0.3) is 11.0 Å². The number of aromatic nitrogens is 5. The van der Waals surface area contributed by atoms with Gasteiger partial charge in [-0.2, -0.15) is 18.6 Å². The summed E-state index contributed by atoms with van der Waals surface area (Å²) in [6.07, 6.45) is 7.21. The van der Waals surface area contributed by atoms with E-state index < -0.39 is 10.0 Å². The number of nitrogens with zero attached hydrogens (tertiary/aromatic N) is 4. The van der Waals surface area contributed by atoms with E-state index in [1.54, 1.807) is 24.5 Å². The number of aromatic amines is 1. The molecule has 1 fully saturated rings. The summed E-state index contributed by atoms with van der Waals surface area (Å²) in [6.45, 7) is 2.09. The molecule has 0 aromatic carbocycles. The zero-order valence-corrected chi connectivity index (χ0v) is 13.3. The molecule has 120 valence electrons. The summed E-state index contributed by atoms with van der Waals surface area (Å²) < 4.78 is 29.5. The third-order valence-electron chi connectivity index (χ3n) is 4.14. The molecule has 3 aromatic rings. The molecule has 9 heteroatoms. The summed E-state index contributed by atoms with van der Waals surface area (Å²) in [6, 6.07) is 3.62. The molecule has 0 saturated heterocycles. The Kier molecular flexibility index (Phi) is 3.12. The van der Waals surface area contributed by atoms with Crippen molar-refractivity contribution in [3.63, 3.8) is 0 Å². The van der Waals surface area contributed by atoms with E-state index in [4.69, 9.17) is 0 Å². The van der Waals surface area contributed by atoms with Crippen molar-refractivity contribution in [2.45, 2.75) is 30.8 Å². The molecule has 1 saturated carbocycles. The molecule has 0 bridgehead atoms. The van der Waals surface area contributed by atoms with Gasteiger partial charge in [0.1, 0.15) is 0 Å². The van der Waals surface area contributed by atoms with E-state index in [-0.39, 0.29) is 11.1 Å². The predicted molar refractivity (Wildman–Crippen MR) is 84.4 cm³/mol. The smallest absolute Gasteiger partial charge is 0.275 e. The lowest BCUT2D eigenvalue weighted by Crippen LogP contribution is -2.13. The molecule has 3 aromatic heterocycles. The van der Waals surface area contributed by atoms with Crippen molar-refractivity contribution in [3.8, 4) is 0 Å². The summed E-state index contributed by atoms with van der Waals surface area (Å²) in [5.41, 5.74) is 0.801. The molecule has 23 heavy (non-hydrogen) atoms. The Morgan fingerprint density at radius 1 is 1.43 bits per heavy atom. The first-order valence-electron chi connectivity index (χ1n) is 7.41. The van der Waals surface area contributed by atoms with Crippen LogP contribution in [-0.2, 0) is 10.0 Å². The van der Waals surface area contributed by atoms with Crippen LogP contribution in [0.1, 0.15) is 25.8 Å². The molecule has 3 heterocycles. The monoisotopic (exact) mass is 332 g/mol. The number of fused-ring (bicyclic) bond motifs is 1. The first kappa shape index (κ1) is 14.2. The van der Waals surface area contributed by atoms with Crippen molar-refractivity contribution >= 4 is 26.7 Å². The van der Waals surface area contributed by atoms with Crippen LogP contribution in [0.2, 0.25) is 0 Å². The van der Waals surface area contributed by atoms with Crippen molar-refractivity contribution in [1.29, 1.82) is 0 Å². The van der Waals surface area contributed by atoms with Crippen molar-refractivity contribution in [3.05, 3.63) is 30.7 Å². The van der Waals surface area contributed by atoms with Crippen molar-refractivity contribution in [2.75, 3.05) is 4.72 Å². The summed E-state index contributed by atoms with van der Waals surface area (Å²) >= 11 is 0. The number of H-pyrrole nitrogens is 1. The fourth-order valence-electron chi connectivity index (χ4n) is 2.65. The largest absolute Gasteiger partial charge is 0.279 e. The van der Waals surface area contributed by atoms with E-state index in [0.29, 0.717) is 22.6 Å². The standard InChI is InChI=1S/C14H16N6O2S/c1-9(10-4-5-10)20-8-11(7-16-20)19-23(21,22)14-12-3-2-6-15-13(12)17-18-14/h2-3,6-10,19H,4-5H2,1H3,(H,15,17,18). The Labute approximate surface area is 133 Å². The summed E-state index contributed by atoms with van der Waals surface area (Å²) in [5.74, 6) is 0.641. The minimum Gasteiger partial charge on any atom is -0.275 e. The third kappa shape index (κ3) is 2.56. The molecular weight excluding hydrogens is 316 g/mol. The number of hydrogen-bond donors (Lipinski definition) is 2. The molecule has 1 aliphatic carbocycles. The average molecular weight is 332 g/mol. The number of sulfonamides is 1. The molecular formula is C14H16N6O2S. The van der Waals surface area contributed by atoms with Gasteiger partial charge in [-0.25, -0.2) is 4.98 Å². The minimum absolute atomic E-state index is 0.00333. The van der Waals surface area contributed by atoms with Crippen molar-refractivity contribution in [1.82, 2.24) is 25.0 Å². The van der Waals surface area contributed by atoms with Gasteiger partial charge in [0.05, 0.1) is 23.3 Å². The Morgan fingerprint density at radius 3 is 3.04 bits per heavy atom. The minimum atomic E-state index is -3.77. The van der Waals surface area contributed by atoms with Crippen LogP contribution >= 0.6 is 0 Å². The first-order valence-corrected chi connectivity index (χ1v) is 8.89. The highest BCUT2D eigenvalue weighted by Crippen LogP contribution is 2.39. The van der Waals surface area contributed by atoms with Crippen molar-refractivity contribution < 1.29 is 8.42 Å². The topological polar surface area (TPSA) is 106 Å². The van der Waals surface area contributed by atoms with E-state index in [9.17, 15) is 8.42 Å². The van der Waals surface area contributed by atoms with Crippen LogP contribution in [0.15, 0.2) is 35.7 Å². The lowest BCUT2D eigenvalue weighted by Gasteiger charge is -2.09. The van der Waals surface area contributed by atoms with Crippen LogP contribution < -0.4 is 4.72 Å². The van der Waals surface area contributed by atoms with E-state index in [2.05, 4.69) is 31.9 Å². The Morgan fingerprint density at radius 2 is 2.26 bits per heavy atom. The Bertz CT molecular complexity index is 956. The maximum atomic E-state index is 12.6. The van der Waals surface area contributed by atoms with Gasteiger partial charge >= 0.3 is 0 Å². The second-order valence-electron chi connectivity index (χ2n) is 5.82. The predicted octanol–water partition coefficient (Wildman–Crippen LogP) is 1.93. The van der Waals surface area contributed by atoms with Crippen LogP contribution in [0.4, 0.5) is 5.69 Å². The fraction of sp³-hybridized carbons (Fsp3) is 0.357. The second kappa shape index (κ2) is 5.05. The molecule has 0 spiro atoms. The SMILES string of the molecule is CC(C1CC1)n1cc(NS(=O)(=O)c2[nH]nc3ncccc23)cn1. The van der Waals surface area contributed by atoms with Crippen LogP contribution in [0, 0.1) is 5.92 Å². The van der Waals surface area contributed by atoms with Crippen LogP contribution in [0.3, 0.4) is 0 Å². The van der Waals surface area contributed by atoms with Gasteiger partial charge in [-0.1, -0.05) is 0 Å². The van der Waals surface area contributed by atoms with E-state index in [1.165, 1.54) is 19.0 Å². The molecule has 2 N–H and O–H groups in total. The highest BCUT2D eigenvalue weighted by Gasteiger charge is 2.30. The Hall–Kier alpha value is -2.42. The molecule has 1 atom stereocenters. The van der Waals surface area contributed by atoms with Gasteiger partial charge < -0.3 is 0 Å². The number of pyridine rings is 1. The zero-order chi connectivity index (χ0) is 16.0. The number of nitrogens with one attached hydrogen (secondary N) is 2. The van der Waals surface area contributed by atoms with Gasteiger partial charge in [0, 0.05) is 12.4 Å². The number of rotatable bonds is 5. The number of anilines is 1. The lowest BCUT2D eigenvalue weighted by atomic mass is 10.2. The quantitative estimate of drug-likeness (QED) is 0.742. The number of hydrogen-bond acceptors (Lipinski definition) is 5. The molecule has 0 amide bonds. The second-order valence-corrected chi connectivity index (χ2v) is 7.44. The van der Waals surface area contributed by atoms with E-state index in [1.807, 2.05) is 4.68 Å². The van der Waals surface area contributed by atoms with Crippen LogP contribution in [0.5, 0.6) is 0 Å². The molecule has 1 aliphatic rings. The lowest BCUT2D eigenvalue weighted by molar-refractivity contribution is 0.440. The molecule has 4 rings (SSSR count). The van der Waals surface area contributed by atoms with E-state index >= 15 is 0 Å². The first-order chi connectivity index (χ1) is 11.0. The normalized spacial score (nSPS) is 16.6. The molecule has 0 radical (unpaired) electrons. The van der Waals surface area contributed by atoms with Gasteiger partial charge in [0.15, 0.2) is 10.7 Å². The van der Waals surface area contributed by atoms with Crippen LogP contribution in [-0.4, -0.2) is 33.4 Å². The van der Waals surface area contributed by atoms with Gasteiger partial charge in [0.2, 0.25) is 0 Å². The molecule has 8 nitrogen and oxygen atoms in total. The molecule has 1 unspecified atom stereocenters. The average Bonchev–Trinajstić information content (AvgIpc) is 3.11. The third-order valence-corrected chi connectivity index (χ3v) is 5.49. The van der Waals surface area contributed by atoms with Crippen molar-refractivity contribution in [2.24, 2.45) is 5.92 Å². The summed E-state index contributed by atoms with van der Waals surface area (Å²) in [4.78, 5) is 4.03. The maximum absolute atomic E-state index is 12.6. The summed E-state index contributed by atoms with van der Waals surface area (Å²) in [5, 5.41) is 11.2.